The minimum absolute atomic E-state index is 0.140. The molecule has 10 nitrogen and oxygen atoms in total. The Balaban J connectivity index is 0.766. The molecule has 2 unspecified atom stereocenters. The summed E-state index contributed by atoms with van der Waals surface area (Å²) < 4.78 is 5.87. The molecule has 10 heteroatoms. The summed E-state index contributed by atoms with van der Waals surface area (Å²) in [5.41, 5.74) is 17.6. The Labute approximate surface area is 460 Å². The maximum atomic E-state index is 13.7. The number of hydrogen-bond donors (Lipinski definition) is 5. The first-order valence-corrected chi connectivity index (χ1v) is 28.0. The van der Waals surface area contributed by atoms with Gasteiger partial charge in [0.25, 0.3) is 5.91 Å². The Kier molecular flexibility index (Phi) is 13.3. The predicted molar refractivity (Wildman–Crippen MR) is 315 cm³/mol. The number of aromatic nitrogens is 4. The Morgan fingerprint density at radius 3 is 1.75 bits per heavy atom. The number of aromatic hydroxyl groups is 1. The number of ether oxygens (including phenoxy) is 1. The summed E-state index contributed by atoms with van der Waals surface area (Å²) in [7, 11) is 0. The van der Waals surface area contributed by atoms with Crippen LogP contribution in [0.4, 0.5) is 0 Å². The number of aryl methyl sites for hydroxylation is 1. The van der Waals surface area contributed by atoms with E-state index in [-0.39, 0.29) is 35.7 Å². The van der Waals surface area contributed by atoms with Gasteiger partial charge in [0.2, 0.25) is 0 Å². The molecule has 3 aliphatic carbocycles. The predicted octanol–water partition coefficient (Wildman–Crippen LogP) is 14.6. The lowest BCUT2D eigenvalue weighted by molar-refractivity contribution is -0.144. The number of nitrogens with zero attached hydrogens (tertiary/aromatic N) is 2. The van der Waals surface area contributed by atoms with Crippen LogP contribution in [-0.2, 0) is 16.0 Å². The van der Waals surface area contributed by atoms with Crippen LogP contribution in [0, 0.1) is 23.2 Å². The minimum atomic E-state index is -0.314. The Morgan fingerprint density at radius 2 is 1.16 bits per heavy atom. The number of aliphatic hydroxyl groups excluding tert-OH is 1. The monoisotopic (exact) mass is 1040 g/mol. The fraction of sp³-hybridized carbons (Fsp3) is 0.246. The van der Waals surface area contributed by atoms with Crippen LogP contribution in [-0.4, -0.2) is 61.3 Å². The average molecular weight is 1040 g/mol. The van der Waals surface area contributed by atoms with E-state index < -0.39 is 0 Å². The van der Waals surface area contributed by atoms with Gasteiger partial charge in [-0.2, -0.15) is 0 Å². The van der Waals surface area contributed by atoms with Crippen molar-refractivity contribution < 1.29 is 24.5 Å². The van der Waals surface area contributed by atoms with Crippen molar-refractivity contribution in [2.45, 2.75) is 70.3 Å². The van der Waals surface area contributed by atoms with Gasteiger partial charge in [-0.1, -0.05) is 116 Å². The SMILES string of the molecule is C[C@]12CC(CCOC(=O)CCCNC(=O)c3ccc(-c4c5ccc([nH]5)c(-c5ccccc5)c5nc(c(-c6ccccc6)c6nc(c(-c7ccccc7)c7ccc4[nH]7)C=C6)C=C5)cc3)[C@@H]3c4ccc(O)cc4CC[C@H]3[C@@H]1CCC2O. The molecule has 2 aliphatic heterocycles. The molecule has 6 atom stereocenters. The van der Waals surface area contributed by atoms with Gasteiger partial charge >= 0.3 is 5.97 Å². The number of benzene rings is 5. The minimum Gasteiger partial charge on any atom is -0.508 e. The number of hydrogen-bond acceptors (Lipinski definition) is 7. The van der Waals surface area contributed by atoms with E-state index in [1.807, 2.05) is 84.9 Å². The summed E-state index contributed by atoms with van der Waals surface area (Å²) in [6, 6.07) is 53.0. The van der Waals surface area contributed by atoms with Crippen LogP contribution in [0.3, 0.4) is 0 Å². The van der Waals surface area contributed by atoms with E-state index in [2.05, 4.69) is 113 Å². The molecule has 0 spiro atoms. The first-order valence-electron chi connectivity index (χ1n) is 28.0. The average Bonchev–Trinajstić information content (AvgIpc) is 4.57. The number of H-pyrrole nitrogens is 2. The van der Waals surface area contributed by atoms with E-state index in [4.69, 9.17) is 14.7 Å². The molecule has 2 fully saturated rings. The quantitative estimate of drug-likeness (QED) is 0.0603. The topological polar surface area (TPSA) is 153 Å². The molecule has 0 radical (unpaired) electrons. The van der Waals surface area contributed by atoms with Crippen LogP contribution in [0.2, 0.25) is 0 Å². The van der Waals surface area contributed by atoms with Gasteiger partial charge in [0.05, 0.1) is 35.5 Å². The molecule has 1 amide bonds. The Bertz CT molecular complexity index is 3730. The maximum Gasteiger partial charge on any atom is 0.305 e. The summed E-state index contributed by atoms with van der Waals surface area (Å²) in [6.07, 6.45) is 14.2. The van der Waals surface area contributed by atoms with Crippen LogP contribution < -0.4 is 5.32 Å². The lowest BCUT2D eigenvalue weighted by atomic mass is 9.51. The summed E-state index contributed by atoms with van der Waals surface area (Å²) in [4.78, 5) is 45.2. The highest BCUT2D eigenvalue weighted by atomic mass is 16.5. The van der Waals surface area contributed by atoms with E-state index in [0.29, 0.717) is 48.6 Å². The number of rotatable bonds is 12. The lowest BCUT2D eigenvalue weighted by Crippen LogP contribution is -2.48. The zero-order valence-corrected chi connectivity index (χ0v) is 44.3. The van der Waals surface area contributed by atoms with Crippen molar-refractivity contribution in [3.05, 3.63) is 197 Å². The molecule has 0 saturated heterocycles. The molecule has 8 aromatic rings. The number of amides is 1. The van der Waals surface area contributed by atoms with E-state index in [1.54, 1.807) is 6.07 Å². The number of aliphatic hydroxyl groups is 1. The number of carbonyl (C=O) groups is 2. The van der Waals surface area contributed by atoms with Gasteiger partial charge in [0.1, 0.15) is 5.75 Å². The number of phenolic OH excluding ortho intramolecular Hbond substituents is 1. The molecular weight excluding hydrogens is 979 g/mol. The van der Waals surface area contributed by atoms with Gasteiger partial charge in [-0.15, -0.1) is 0 Å². The zero-order valence-electron chi connectivity index (χ0n) is 44.3. The van der Waals surface area contributed by atoms with Crippen LogP contribution in [0.1, 0.15) is 102 Å². The number of aromatic amines is 2. The lowest BCUT2D eigenvalue weighted by Gasteiger charge is -2.54. The first kappa shape index (κ1) is 49.9. The number of esters is 1. The van der Waals surface area contributed by atoms with Gasteiger partial charge in [-0.05, 0) is 180 Å². The fourth-order valence-electron chi connectivity index (χ4n) is 14.1. The molecule has 13 rings (SSSR count). The first-order chi connectivity index (χ1) is 38.7. The van der Waals surface area contributed by atoms with Gasteiger partial charge < -0.3 is 30.2 Å². The van der Waals surface area contributed by atoms with Gasteiger partial charge in [-0.3, -0.25) is 9.59 Å². The third-order valence-electron chi connectivity index (χ3n) is 17.8. The van der Waals surface area contributed by atoms with Crippen LogP contribution in [0.5, 0.6) is 5.75 Å². The number of nitrogens with one attached hydrogen (secondary N) is 3. The molecule has 79 heavy (non-hydrogen) atoms. The maximum absolute atomic E-state index is 13.7. The van der Waals surface area contributed by atoms with Crippen molar-refractivity contribution in [1.29, 1.82) is 0 Å². The molecule has 3 aromatic heterocycles. The molecule has 5 heterocycles. The highest BCUT2D eigenvalue weighted by Crippen LogP contribution is 2.63. The van der Waals surface area contributed by atoms with Crippen molar-refractivity contribution in [1.82, 2.24) is 25.3 Å². The highest BCUT2D eigenvalue weighted by Gasteiger charge is 2.57. The third-order valence-corrected chi connectivity index (χ3v) is 17.8. The van der Waals surface area contributed by atoms with Crippen LogP contribution in [0.25, 0.3) is 90.9 Å². The van der Waals surface area contributed by atoms with Crippen molar-refractivity contribution in [3.63, 3.8) is 0 Å². The molecule has 2 saturated carbocycles. The summed E-state index contributed by atoms with van der Waals surface area (Å²) in [5, 5.41) is 24.5. The molecule has 5 N–H and O–H groups in total. The molecule has 8 bridgehead atoms. The van der Waals surface area contributed by atoms with Crippen molar-refractivity contribution in [2.75, 3.05) is 13.2 Å². The number of carbonyl (C=O) groups excluding carboxylic acids is 2. The summed E-state index contributed by atoms with van der Waals surface area (Å²) >= 11 is 0. The number of fused-ring (bicyclic) bond motifs is 13. The van der Waals surface area contributed by atoms with Gasteiger partial charge in [0, 0.05) is 62.8 Å². The van der Waals surface area contributed by atoms with E-state index in [9.17, 15) is 19.8 Å². The fourth-order valence-corrected chi connectivity index (χ4v) is 14.1. The highest BCUT2D eigenvalue weighted by molar-refractivity contribution is 6.01. The Hall–Kier alpha value is -8.60. The van der Waals surface area contributed by atoms with E-state index in [1.165, 1.54) is 11.1 Å². The smallest absolute Gasteiger partial charge is 0.305 e. The molecule has 394 valence electrons. The van der Waals surface area contributed by atoms with Crippen molar-refractivity contribution in [3.8, 4) is 50.3 Å². The van der Waals surface area contributed by atoms with Crippen LogP contribution in [0.15, 0.2) is 158 Å². The standard InChI is InChI=1S/C69H63N5O5/c1-69-41-48(63-50-26-24-49(75)40-47(50)23-25-51(63)52(69)27-36-61(69)76)37-39-79-62(77)18-11-38-70-68(78)46-21-19-45(20-22-46)67-59-34-32-57(73-59)65(43-14-7-3-8-15-43)55-30-28-53(71-55)64(42-12-5-2-6-13-42)54-29-31-56(72-54)66(44-16-9-4-10-17-44)58-33-35-60(67)74-58/h2-10,12-17,19-22,24,26,28-35,40,48,51-52,61,63,73-76H,11,18,23,25,27,36-39,41H2,1H3,(H,70,78)/t48?,51-,52-,61?,63+,69-/m0/s1. The van der Waals surface area contributed by atoms with Crippen LogP contribution >= 0.6 is 0 Å². The summed E-state index contributed by atoms with van der Waals surface area (Å²) in [5.74, 6) is 1.31. The normalized spacial score (nSPS) is 20.8. The van der Waals surface area contributed by atoms with Crippen molar-refractivity contribution in [2.24, 2.45) is 23.2 Å². The zero-order chi connectivity index (χ0) is 53.6. The second kappa shape index (κ2) is 21.0. The third kappa shape index (κ3) is 9.48. The summed E-state index contributed by atoms with van der Waals surface area (Å²) in [6.45, 7) is 2.91. The van der Waals surface area contributed by atoms with E-state index >= 15 is 0 Å². The molecular formula is C69H63N5O5. The molecule has 5 aliphatic rings. The number of phenols is 1. The molecule has 5 aromatic carbocycles. The second-order valence-electron chi connectivity index (χ2n) is 22.3. The van der Waals surface area contributed by atoms with E-state index in [0.717, 1.165) is 128 Å². The second-order valence-corrected chi connectivity index (χ2v) is 22.3. The van der Waals surface area contributed by atoms with Gasteiger partial charge in [-0.25, -0.2) is 9.97 Å². The van der Waals surface area contributed by atoms with Gasteiger partial charge in [0.15, 0.2) is 0 Å². The van der Waals surface area contributed by atoms with Crippen molar-refractivity contribution >= 4 is 58.2 Å². The Morgan fingerprint density at radius 1 is 0.633 bits per heavy atom. The largest absolute Gasteiger partial charge is 0.508 e.